The number of carbonyl (C=O) groups excluding carboxylic acids is 1. The summed E-state index contributed by atoms with van der Waals surface area (Å²) in [5.41, 5.74) is 2.01. The lowest BCUT2D eigenvalue weighted by Crippen LogP contribution is -2.12. The van der Waals surface area contributed by atoms with E-state index in [0.717, 1.165) is 11.1 Å². The fourth-order valence-electron chi connectivity index (χ4n) is 2.37. The largest absolute Gasteiger partial charge is 0.497 e. The highest BCUT2D eigenvalue weighted by molar-refractivity contribution is 6.06. The summed E-state index contributed by atoms with van der Waals surface area (Å²) in [5, 5.41) is 14.7. The van der Waals surface area contributed by atoms with Crippen LogP contribution >= 0.6 is 0 Å². The van der Waals surface area contributed by atoms with Crippen LogP contribution in [0.25, 0.3) is 6.08 Å². The number of hydrogen-bond donors (Lipinski definition) is 3. The van der Waals surface area contributed by atoms with Crippen LogP contribution in [-0.2, 0) is 11.3 Å². The minimum atomic E-state index is -1.10. The van der Waals surface area contributed by atoms with E-state index >= 15 is 0 Å². The quantitative estimate of drug-likeness (QED) is 0.399. The Labute approximate surface area is 157 Å². The first kappa shape index (κ1) is 19.6. The van der Waals surface area contributed by atoms with E-state index in [1.165, 1.54) is 12.1 Å². The predicted octanol–water partition coefficient (Wildman–Crippen LogP) is 3.12. The highest BCUT2D eigenvalue weighted by atomic mass is 16.5. The molecular weight excluding hydrogens is 344 g/mol. The number of rotatable bonds is 7. The number of carboxylic acid groups (broad SMARTS) is 1. The number of carboxylic acids is 1. The SMILES string of the molecule is CC#CNCc1cc(OC)ccc1/C=C/C(=O)Nc1ccccc1C(=O)O. The first-order valence-corrected chi connectivity index (χ1v) is 8.18. The Balaban J connectivity index is 2.17. The van der Waals surface area contributed by atoms with Gasteiger partial charge in [-0.05, 0) is 48.4 Å². The van der Waals surface area contributed by atoms with Gasteiger partial charge in [-0.1, -0.05) is 24.1 Å². The lowest BCUT2D eigenvalue weighted by molar-refractivity contribution is -0.111. The minimum absolute atomic E-state index is 0.0340. The molecule has 0 radical (unpaired) electrons. The zero-order valence-corrected chi connectivity index (χ0v) is 15.1. The molecule has 0 bridgehead atoms. The van der Waals surface area contributed by atoms with Crippen molar-refractivity contribution in [2.45, 2.75) is 13.5 Å². The topological polar surface area (TPSA) is 87.7 Å². The summed E-state index contributed by atoms with van der Waals surface area (Å²) in [6.45, 7) is 2.22. The van der Waals surface area contributed by atoms with E-state index in [4.69, 9.17) is 4.74 Å². The zero-order chi connectivity index (χ0) is 19.6. The van der Waals surface area contributed by atoms with Crippen molar-refractivity contribution in [2.24, 2.45) is 0 Å². The number of ether oxygens (including phenoxy) is 1. The molecule has 0 aliphatic carbocycles. The highest BCUT2D eigenvalue weighted by Gasteiger charge is 2.10. The number of aromatic carboxylic acids is 1. The molecule has 0 saturated carbocycles. The summed E-state index contributed by atoms with van der Waals surface area (Å²) >= 11 is 0. The molecule has 0 spiro atoms. The summed E-state index contributed by atoms with van der Waals surface area (Å²) in [5.74, 6) is 1.93. The first-order valence-electron chi connectivity index (χ1n) is 8.18. The Morgan fingerprint density at radius 3 is 2.70 bits per heavy atom. The third-order valence-electron chi connectivity index (χ3n) is 3.67. The average Bonchev–Trinajstić information content (AvgIpc) is 2.67. The smallest absolute Gasteiger partial charge is 0.337 e. The number of hydrogen-bond acceptors (Lipinski definition) is 4. The Morgan fingerprint density at radius 1 is 1.22 bits per heavy atom. The predicted molar refractivity (Wildman–Crippen MR) is 104 cm³/mol. The molecule has 138 valence electrons. The second-order valence-corrected chi connectivity index (χ2v) is 5.47. The van der Waals surface area contributed by atoms with Crippen LogP contribution in [0.2, 0.25) is 0 Å². The molecule has 0 aromatic heterocycles. The first-order chi connectivity index (χ1) is 13.0. The van der Waals surface area contributed by atoms with Crippen LogP contribution in [0, 0.1) is 12.0 Å². The van der Waals surface area contributed by atoms with E-state index in [9.17, 15) is 14.7 Å². The Bertz CT molecular complexity index is 923. The number of benzene rings is 2. The molecule has 0 aliphatic rings. The molecule has 2 rings (SSSR count). The fraction of sp³-hybridized carbons (Fsp3) is 0.143. The molecule has 6 nitrogen and oxygen atoms in total. The van der Waals surface area contributed by atoms with Gasteiger partial charge in [-0.2, -0.15) is 0 Å². The molecule has 6 heteroatoms. The standard InChI is InChI=1S/C21H20N2O4/c1-3-12-22-14-16-13-17(27-2)10-8-15(16)9-11-20(24)23-19-7-5-4-6-18(19)21(25)26/h4-11,13,22H,14H2,1-2H3,(H,23,24)(H,25,26)/b11-9+. The van der Waals surface area contributed by atoms with Gasteiger partial charge < -0.3 is 20.5 Å². The summed E-state index contributed by atoms with van der Waals surface area (Å²) in [6.07, 6.45) is 3.02. The highest BCUT2D eigenvalue weighted by Crippen LogP contribution is 2.19. The molecule has 0 aliphatic heterocycles. The number of anilines is 1. The van der Waals surface area contributed by atoms with Crippen molar-refractivity contribution < 1.29 is 19.4 Å². The molecular formula is C21H20N2O4. The fourth-order valence-corrected chi connectivity index (χ4v) is 2.37. The number of carbonyl (C=O) groups is 2. The van der Waals surface area contributed by atoms with Crippen molar-refractivity contribution in [1.82, 2.24) is 5.32 Å². The number of para-hydroxylation sites is 1. The van der Waals surface area contributed by atoms with Crippen LogP contribution in [0.4, 0.5) is 5.69 Å². The van der Waals surface area contributed by atoms with Gasteiger partial charge >= 0.3 is 5.97 Å². The van der Waals surface area contributed by atoms with Gasteiger partial charge in [0.25, 0.3) is 0 Å². The van der Waals surface area contributed by atoms with Gasteiger partial charge in [0.05, 0.1) is 18.4 Å². The van der Waals surface area contributed by atoms with Gasteiger partial charge in [0, 0.05) is 18.7 Å². The maximum absolute atomic E-state index is 12.2. The Hall–Kier alpha value is -3.72. The summed E-state index contributed by atoms with van der Waals surface area (Å²) in [4.78, 5) is 23.4. The van der Waals surface area contributed by atoms with Gasteiger partial charge in [0.1, 0.15) is 5.75 Å². The number of methoxy groups -OCH3 is 1. The molecule has 0 atom stereocenters. The van der Waals surface area contributed by atoms with Crippen molar-refractivity contribution in [3.8, 4) is 17.7 Å². The van der Waals surface area contributed by atoms with Gasteiger partial charge in [0.15, 0.2) is 0 Å². The third-order valence-corrected chi connectivity index (χ3v) is 3.67. The van der Waals surface area contributed by atoms with E-state index < -0.39 is 11.9 Å². The van der Waals surface area contributed by atoms with E-state index in [0.29, 0.717) is 12.3 Å². The van der Waals surface area contributed by atoms with Crippen molar-refractivity contribution in [3.63, 3.8) is 0 Å². The second-order valence-electron chi connectivity index (χ2n) is 5.47. The maximum atomic E-state index is 12.2. The van der Waals surface area contributed by atoms with Crippen LogP contribution in [0.15, 0.2) is 48.5 Å². The van der Waals surface area contributed by atoms with Crippen molar-refractivity contribution >= 4 is 23.6 Å². The van der Waals surface area contributed by atoms with Crippen molar-refractivity contribution in [3.05, 3.63) is 65.2 Å². The van der Waals surface area contributed by atoms with E-state index in [2.05, 4.69) is 22.6 Å². The lowest BCUT2D eigenvalue weighted by Gasteiger charge is -2.09. The van der Waals surface area contributed by atoms with Crippen LogP contribution in [0.3, 0.4) is 0 Å². The van der Waals surface area contributed by atoms with E-state index in [1.807, 2.05) is 12.1 Å². The molecule has 0 fully saturated rings. The van der Waals surface area contributed by atoms with Crippen molar-refractivity contribution in [2.75, 3.05) is 12.4 Å². The minimum Gasteiger partial charge on any atom is -0.497 e. The Kier molecular flexibility index (Phi) is 7.03. The summed E-state index contributed by atoms with van der Waals surface area (Å²) in [7, 11) is 1.58. The normalized spacial score (nSPS) is 10.0. The number of nitrogens with one attached hydrogen (secondary N) is 2. The van der Waals surface area contributed by atoms with Crippen LogP contribution in [-0.4, -0.2) is 24.1 Å². The molecule has 27 heavy (non-hydrogen) atoms. The van der Waals surface area contributed by atoms with Crippen LogP contribution < -0.4 is 15.4 Å². The Morgan fingerprint density at radius 2 is 2.00 bits per heavy atom. The summed E-state index contributed by atoms with van der Waals surface area (Å²) in [6, 6.07) is 14.5. The van der Waals surface area contributed by atoms with E-state index in [1.54, 1.807) is 44.4 Å². The maximum Gasteiger partial charge on any atom is 0.337 e. The number of amides is 1. The monoisotopic (exact) mass is 364 g/mol. The molecule has 2 aromatic rings. The molecule has 0 saturated heterocycles. The van der Waals surface area contributed by atoms with Crippen molar-refractivity contribution in [1.29, 1.82) is 0 Å². The van der Waals surface area contributed by atoms with Gasteiger partial charge in [-0.15, -0.1) is 0 Å². The van der Waals surface area contributed by atoms with Gasteiger partial charge in [-0.25, -0.2) is 4.79 Å². The average molecular weight is 364 g/mol. The molecule has 0 heterocycles. The third kappa shape index (κ3) is 5.65. The van der Waals surface area contributed by atoms with Crippen LogP contribution in [0.5, 0.6) is 5.75 Å². The van der Waals surface area contributed by atoms with Gasteiger partial charge in [-0.3, -0.25) is 4.79 Å². The molecule has 3 N–H and O–H groups in total. The summed E-state index contributed by atoms with van der Waals surface area (Å²) < 4.78 is 5.23. The second kappa shape index (κ2) is 9.68. The molecule has 2 aromatic carbocycles. The molecule has 1 amide bonds. The van der Waals surface area contributed by atoms with Crippen LogP contribution in [0.1, 0.15) is 28.4 Å². The van der Waals surface area contributed by atoms with Gasteiger partial charge in [0.2, 0.25) is 5.91 Å². The molecule has 0 unspecified atom stereocenters. The lowest BCUT2D eigenvalue weighted by atomic mass is 10.1. The van der Waals surface area contributed by atoms with E-state index in [-0.39, 0.29) is 11.3 Å². The zero-order valence-electron chi connectivity index (χ0n) is 15.1.